The van der Waals surface area contributed by atoms with Crippen LogP contribution in [0.2, 0.25) is 0 Å². The molecule has 0 spiro atoms. The van der Waals surface area contributed by atoms with Crippen LogP contribution in [-0.2, 0) is 4.74 Å². The molecule has 1 aromatic carbocycles. The number of rotatable bonds is 9. The van der Waals surface area contributed by atoms with Gasteiger partial charge in [-0.1, -0.05) is 31.9 Å². The van der Waals surface area contributed by atoms with Gasteiger partial charge in [0.15, 0.2) is 0 Å². The lowest BCUT2D eigenvalue weighted by atomic mass is 10.0. The van der Waals surface area contributed by atoms with Gasteiger partial charge in [-0.2, -0.15) is 0 Å². The molecule has 2 atom stereocenters. The van der Waals surface area contributed by atoms with Crippen molar-refractivity contribution in [2.75, 3.05) is 13.2 Å². The second-order valence-electron chi connectivity index (χ2n) is 4.97. The molecule has 0 aliphatic carbocycles. The summed E-state index contributed by atoms with van der Waals surface area (Å²) in [6.45, 7) is 7.76. The molecule has 0 radical (unpaired) electrons. The molecule has 2 unspecified atom stereocenters. The van der Waals surface area contributed by atoms with Crippen molar-refractivity contribution in [2.24, 2.45) is 0 Å². The van der Waals surface area contributed by atoms with Crippen LogP contribution >= 0.6 is 0 Å². The van der Waals surface area contributed by atoms with Crippen molar-refractivity contribution in [3.63, 3.8) is 0 Å². The highest BCUT2D eigenvalue weighted by molar-refractivity contribution is 5.20. The van der Waals surface area contributed by atoms with Gasteiger partial charge < -0.3 is 10.1 Å². The molecule has 0 aliphatic heterocycles. The summed E-state index contributed by atoms with van der Waals surface area (Å²) in [6.07, 6.45) is 3.40. The minimum absolute atomic E-state index is 0.180. The van der Waals surface area contributed by atoms with Crippen molar-refractivity contribution in [1.82, 2.24) is 5.32 Å². The van der Waals surface area contributed by atoms with Gasteiger partial charge >= 0.3 is 0 Å². The Morgan fingerprint density at radius 3 is 2.47 bits per heavy atom. The van der Waals surface area contributed by atoms with Gasteiger partial charge in [-0.3, -0.25) is 0 Å². The second-order valence-corrected chi connectivity index (χ2v) is 4.97. The zero-order valence-electron chi connectivity index (χ0n) is 12.3. The summed E-state index contributed by atoms with van der Waals surface area (Å²) in [6, 6.07) is 7.38. The molecule has 0 heterocycles. The van der Waals surface area contributed by atoms with E-state index in [0.29, 0.717) is 12.6 Å². The normalized spacial score (nSPS) is 14.3. The summed E-state index contributed by atoms with van der Waals surface area (Å²) in [5.41, 5.74) is 1.15. The lowest BCUT2D eigenvalue weighted by Crippen LogP contribution is -2.34. The molecule has 1 N–H and O–H groups in total. The molecule has 0 bridgehead atoms. The molecule has 0 saturated carbocycles. The third-order valence-corrected chi connectivity index (χ3v) is 3.18. The fourth-order valence-electron chi connectivity index (χ4n) is 2.14. The Morgan fingerprint density at radius 2 is 1.89 bits per heavy atom. The van der Waals surface area contributed by atoms with Crippen molar-refractivity contribution in [1.29, 1.82) is 0 Å². The van der Waals surface area contributed by atoms with Crippen molar-refractivity contribution in [3.05, 3.63) is 35.6 Å². The van der Waals surface area contributed by atoms with Crippen LogP contribution in [0.4, 0.5) is 4.39 Å². The molecule has 0 fully saturated rings. The maximum absolute atomic E-state index is 13.0. The molecule has 0 aromatic heterocycles. The molecule has 0 aliphatic rings. The first kappa shape index (κ1) is 16.1. The van der Waals surface area contributed by atoms with E-state index in [1.165, 1.54) is 18.6 Å². The molecule has 1 aromatic rings. The SMILES string of the molecule is CCCCC(NC(C)COCC)c1ccc(F)cc1. The molecule has 108 valence electrons. The van der Waals surface area contributed by atoms with Crippen LogP contribution in [-0.4, -0.2) is 19.3 Å². The third-order valence-electron chi connectivity index (χ3n) is 3.18. The van der Waals surface area contributed by atoms with E-state index in [4.69, 9.17) is 4.74 Å². The maximum atomic E-state index is 13.0. The Morgan fingerprint density at radius 1 is 1.21 bits per heavy atom. The van der Waals surface area contributed by atoms with E-state index in [1.807, 2.05) is 19.1 Å². The van der Waals surface area contributed by atoms with Crippen LogP contribution in [0.25, 0.3) is 0 Å². The Balaban J connectivity index is 2.62. The van der Waals surface area contributed by atoms with Crippen molar-refractivity contribution in [3.8, 4) is 0 Å². The molecule has 0 amide bonds. The van der Waals surface area contributed by atoms with Crippen LogP contribution in [0.1, 0.15) is 51.6 Å². The number of halogens is 1. The van der Waals surface area contributed by atoms with Crippen LogP contribution in [0, 0.1) is 5.82 Å². The summed E-state index contributed by atoms with van der Waals surface area (Å²) < 4.78 is 18.4. The first-order valence-electron chi connectivity index (χ1n) is 7.26. The van der Waals surface area contributed by atoms with Gasteiger partial charge in [0.2, 0.25) is 0 Å². The molecular formula is C16H26FNO. The van der Waals surface area contributed by atoms with E-state index < -0.39 is 0 Å². The number of ether oxygens (including phenoxy) is 1. The fourth-order valence-corrected chi connectivity index (χ4v) is 2.14. The summed E-state index contributed by atoms with van der Waals surface area (Å²) in [5.74, 6) is -0.180. The Hall–Kier alpha value is -0.930. The second kappa shape index (κ2) is 9.05. The average molecular weight is 267 g/mol. The van der Waals surface area contributed by atoms with E-state index >= 15 is 0 Å². The average Bonchev–Trinajstić information content (AvgIpc) is 2.42. The van der Waals surface area contributed by atoms with Gasteiger partial charge in [-0.15, -0.1) is 0 Å². The molecule has 19 heavy (non-hydrogen) atoms. The van der Waals surface area contributed by atoms with E-state index in [1.54, 1.807) is 0 Å². The Bertz CT molecular complexity index is 339. The summed E-state index contributed by atoms with van der Waals surface area (Å²) >= 11 is 0. The Kier molecular flexibility index (Phi) is 7.68. The van der Waals surface area contributed by atoms with Crippen LogP contribution in [0.3, 0.4) is 0 Å². The quantitative estimate of drug-likeness (QED) is 0.728. The number of unbranched alkanes of at least 4 members (excludes halogenated alkanes) is 1. The highest BCUT2D eigenvalue weighted by atomic mass is 19.1. The van der Waals surface area contributed by atoms with Crippen molar-refractivity contribution >= 4 is 0 Å². The maximum Gasteiger partial charge on any atom is 0.123 e. The molecule has 0 saturated heterocycles. The van der Waals surface area contributed by atoms with Crippen molar-refractivity contribution < 1.29 is 9.13 Å². The first-order valence-corrected chi connectivity index (χ1v) is 7.26. The summed E-state index contributed by atoms with van der Waals surface area (Å²) in [4.78, 5) is 0. The largest absolute Gasteiger partial charge is 0.380 e. The smallest absolute Gasteiger partial charge is 0.123 e. The zero-order chi connectivity index (χ0) is 14.1. The molecule has 2 nitrogen and oxygen atoms in total. The zero-order valence-corrected chi connectivity index (χ0v) is 12.3. The lowest BCUT2D eigenvalue weighted by molar-refractivity contribution is 0.123. The fraction of sp³-hybridized carbons (Fsp3) is 0.625. The van der Waals surface area contributed by atoms with E-state index in [0.717, 1.165) is 25.0 Å². The minimum atomic E-state index is -0.180. The first-order chi connectivity index (χ1) is 9.17. The van der Waals surface area contributed by atoms with Gasteiger partial charge in [0.1, 0.15) is 5.82 Å². The van der Waals surface area contributed by atoms with Crippen LogP contribution in [0.5, 0.6) is 0 Å². The number of nitrogens with one attached hydrogen (secondary N) is 1. The van der Waals surface area contributed by atoms with Crippen molar-refractivity contribution in [2.45, 2.75) is 52.1 Å². The standard InChI is InChI=1S/C16H26FNO/c1-4-6-7-16(18-13(3)12-19-5-2)14-8-10-15(17)11-9-14/h8-11,13,16,18H,4-7,12H2,1-3H3. The van der Waals surface area contributed by atoms with Gasteiger partial charge in [0.25, 0.3) is 0 Å². The van der Waals surface area contributed by atoms with E-state index in [-0.39, 0.29) is 11.9 Å². The highest BCUT2D eigenvalue weighted by Gasteiger charge is 2.14. The Labute approximate surface area is 116 Å². The predicted octanol–water partition coefficient (Wildman–Crippen LogP) is 4.07. The summed E-state index contributed by atoms with van der Waals surface area (Å²) in [5, 5.41) is 3.57. The number of hydrogen-bond donors (Lipinski definition) is 1. The van der Waals surface area contributed by atoms with E-state index in [9.17, 15) is 4.39 Å². The van der Waals surface area contributed by atoms with Crippen LogP contribution in [0.15, 0.2) is 24.3 Å². The summed E-state index contributed by atoms with van der Waals surface area (Å²) in [7, 11) is 0. The van der Waals surface area contributed by atoms with E-state index in [2.05, 4.69) is 19.2 Å². The molecule has 1 rings (SSSR count). The van der Waals surface area contributed by atoms with Gasteiger partial charge in [0.05, 0.1) is 6.61 Å². The predicted molar refractivity (Wildman–Crippen MR) is 77.8 cm³/mol. The lowest BCUT2D eigenvalue weighted by Gasteiger charge is -2.23. The minimum Gasteiger partial charge on any atom is -0.380 e. The topological polar surface area (TPSA) is 21.3 Å². The van der Waals surface area contributed by atoms with Gasteiger partial charge in [-0.05, 0) is 38.0 Å². The van der Waals surface area contributed by atoms with Crippen LogP contribution < -0.4 is 5.32 Å². The molecule has 3 heteroatoms. The van der Waals surface area contributed by atoms with Gasteiger partial charge in [0, 0.05) is 18.7 Å². The number of hydrogen-bond acceptors (Lipinski definition) is 2. The van der Waals surface area contributed by atoms with Gasteiger partial charge in [-0.25, -0.2) is 4.39 Å². The number of benzene rings is 1. The third kappa shape index (κ3) is 6.17. The highest BCUT2D eigenvalue weighted by Crippen LogP contribution is 2.20. The molecular weight excluding hydrogens is 241 g/mol. The monoisotopic (exact) mass is 267 g/mol.